The number of furan rings is 1. The summed E-state index contributed by atoms with van der Waals surface area (Å²) in [6, 6.07) is 3.39. The molecule has 6 nitrogen and oxygen atoms in total. The summed E-state index contributed by atoms with van der Waals surface area (Å²) in [7, 11) is 1.73. The highest BCUT2D eigenvalue weighted by Gasteiger charge is 2.33. The van der Waals surface area contributed by atoms with Crippen LogP contribution >= 0.6 is 11.3 Å². The Hall–Kier alpha value is -1.93. The van der Waals surface area contributed by atoms with Crippen molar-refractivity contribution in [1.82, 2.24) is 20.1 Å². The average Bonchev–Trinajstić information content (AvgIpc) is 3.29. The maximum Gasteiger partial charge on any atom is 0.317 e. The predicted molar refractivity (Wildman–Crippen MR) is 94.1 cm³/mol. The normalized spacial score (nSPS) is 20.8. The van der Waals surface area contributed by atoms with Gasteiger partial charge in [-0.15, -0.1) is 11.3 Å². The molecule has 0 aromatic carbocycles. The van der Waals surface area contributed by atoms with E-state index in [1.54, 1.807) is 35.6 Å². The molecular weight excluding hydrogens is 343 g/mol. The Kier molecular flexibility index (Phi) is 5.70. The number of alkyl halides is 1. The molecule has 0 radical (unpaired) electrons. The number of aryl methyl sites for hydroxylation is 1. The molecule has 8 heteroatoms. The van der Waals surface area contributed by atoms with Crippen molar-refractivity contribution in [3.8, 4) is 0 Å². The summed E-state index contributed by atoms with van der Waals surface area (Å²) < 4.78 is 19.1. The second kappa shape index (κ2) is 7.97. The summed E-state index contributed by atoms with van der Waals surface area (Å²) in [6.45, 7) is 3.80. The zero-order valence-corrected chi connectivity index (χ0v) is 15.3. The largest absolute Gasteiger partial charge is 0.467 e. The van der Waals surface area contributed by atoms with Gasteiger partial charge in [0.15, 0.2) is 0 Å². The van der Waals surface area contributed by atoms with Gasteiger partial charge in [0.05, 0.1) is 23.5 Å². The third-order valence-corrected chi connectivity index (χ3v) is 5.16. The molecule has 1 fully saturated rings. The van der Waals surface area contributed by atoms with Crippen LogP contribution in [0.3, 0.4) is 0 Å². The van der Waals surface area contributed by atoms with Gasteiger partial charge in [0.1, 0.15) is 11.9 Å². The van der Waals surface area contributed by atoms with E-state index in [1.165, 1.54) is 0 Å². The predicted octanol–water partition coefficient (Wildman–Crippen LogP) is 2.80. The molecule has 2 amide bonds. The molecule has 25 heavy (non-hydrogen) atoms. The molecule has 1 aliphatic heterocycles. The van der Waals surface area contributed by atoms with Crippen LogP contribution in [0, 0.1) is 6.92 Å². The molecule has 2 atom stereocenters. The first-order chi connectivity index (χ1) is 12.0. The highest BCUT2D eigenvalue weighted by atomic mass is 32.1. The van der Waals surface area contributed by atoms with Crippen LogP contribution in [-0.4, -0.2) is 53.2 Å². The maximum absolute atomic E-state index is 13.9. The first-order valence-corrected chi connectivity index (χ1v) is 9.19. The molecule has 0 unspecified atom stereocenters. The van der Waals surface area contributed by atoms with E-state index in [4.69, 9.17) is 4.42 Å². The van der Waals surface area contributed by atoms with Gasteiger partial charge in [-0.3, -0.25) is 4.90 Å². The summed E-state index contributed by atoms with van der Waals surface area (Å²) in [5, 5.41) is 5.83. The van der Waals surface area contributed by atoms with Crippen molar-refractivity contribution >= 4 is 17.4 Å². The quantitative estimate of drug-likeness (QED) is 0.854. The van der Waals surface area contributed by atoms with Crippen LogP contribution in [0.15, 0.2) is 28.2 Å². The lowest BCUT2D eigenvalue weighted by Crippen LogP contribution is -2.44. The topological polar surface area (TPSA) is 61.6 Å². The number of amides is 2. The number of urea groups is 1. The Labute approximate surface area is 150 Å². The van der Waals surface area contributed by atoms with Crippen LogP contribution in [-0.2, 0) is 13.1 Å². The smallest absolute Gasteiger partial charge is 0.317 e. The monoisotopic (exact) mass is 366 g/mol. The van der Waals surface area contributed by atoms with Crippen molar-refractivity contribution in [3.63, 3.8) is 0 Å². The lowest BCUT2D eigenvalue weighted by Gasteiger charge is -2.28. The maximum atomic E-state index is 13.9. The lowest BCUT2D eigenvalue weighted by molar-refractivity contribution is 0.173. The Balaban J connectivity index is 1.52. The third kappa shape index (κ3) is 4.79. The molecule has 3 heterocycles. The molecule has 1 aliphatic rings. The minimum absolute atomic E-state index is 0.00336. The van der Waals surface area contributed by atoms with Crippen molar-refractivity contribution in [3.05, 3.63) is 40.2 Å². The number of carbonyl (C=O) groups is 1. The molecule has 136 valence electrons. The summed E-state index contributed by atoms with van der Waals surface area (Å²) in [5.74, 6) is 0.701. The Morgan fingerprint density at radius 3 is 3.12 bits per heavy atom. The van der Waals surface area contributed by atoms with Gasteiger partial charge in [-0.2, -0.15) is 0 Å². The van der Waals surface area contributed by atoms with Crippen molar-refractivity contribution < 1.29 is 13.6 Å². The molecule has 0 aliphatic carbocycles. The Morgan fingerprint density at radius 2 is 2.44 bits per heavy atom. The van der Waals surface area contributed by atoms with E-state index in [1.807, 2.05) is 18.4 Å². The zero-order valence-electron chi connectivity index (χ0n) is 14.4. The molecule has 1 saturated heterocycles. The van der Waals surface area contributed by atoms with Crippen molar-refractivity contribution in [2.24, 2.45) is 0 Å². The van der Waals surface area contributed by atoms with E-state index < -0.39 is 6.17 Å². The lowest BCUT2D eigenvalue weighted by atomic mass is 10.2. The summed E-state index contributed by atoms with van der Waals surface area (Å²) in [6.07, 6.45) is 1.16. The van der Waals surface area contributed by atoms with Gasteiger partial charge in [0.25, 0.3) is 0 Å². The molecular formula is C17H23FN4O2S. The van der Waals surface area contributed by atoms with Gasteiger partial charge in [0, 0.05) is 38.1 Å². The van der Waals surface area contributed by atoms with E-state index in [9.17, 15) is 9.18 Å². The fraction of sp³-hybridized carbons (Fsp3) is 0.529. The minimum Gasteiger partial charge on any atom is -0.467 e. The van der Waals surface area contributed by atoms with E-state index in [2.05, 4.69) is 15.2 Å². The number of likely N-dealkylation sites (tertiary alicyclic amines) is 1. The minimum atomic E-state index is -0.857. The molecule has 0 spiro atoms. The van der Waals surface area contributed by atoms with Crippen LogP contribution in [0.25, 0.3) is 0 Å². The molecule has 0 bridgehead atoms. The van der Waals surface area contributed by atoms with Gasteiger partial charge in [0.2, 0.25) is 0 Å². The fourth-order valence-corrected chi connectivity index (χ4v) is 3.71. The number of hydrogen-bond donors (Lipinski definition) is 1. The van der Waals surface area contributed by atoms with Crippen LogP contribution in [0.1, 0.15) is 22.9 Å². The number of likely N-dealkylation sites (N-methyl/N-ethyl adjacent to an activating group) is 1. The summed E-state index contributed by atoms with van der Waals surface area (Å²) in [5.41, 5.74) is 0.964. The van der Waals surface area contributed by atoms with E-state index in [-0.39, 0.29) is 12.1 Å². The fourth-order valence-electron chi connectivity index (χ4n) is 3.10. The molecule has 3 rings (SSSR count). The van der Waals surface area contributed by atoms with Gasteiger partial charge < -0.3 is 14.6 Å². The SMILES string of the molecule is Cc1nc(CN2C[C@@H](F)C[C@H]2CN(C)C(=O)NCc2ccco2)cs1. The number of hydrogen-bond acceptors (Lipinski definition) is 5. The van der Waals surface area contributed by atoms with Crippen LogP contribution < -0.4 is 5.32 Å². The Morgan fingerprint density at radius 1 is 1.60 bits per heavy atom. The van der Waals surface area contributed by atoms with Crippen LogP contribution in [0.4, 0.5) is 9.18 Å². The highest BCUT2D eigenvalue weighted by molar-refractivity contribution is 7.09. The molecule has 2 aromatic heterocycles. The first-order valence-electron chi connectivity index (χ1n) is 8.31. The van der Waals surface area contributed by atoms with E-state index >= 15 is 0 Å². The van der Waals surface area contributed by atoms with E-state index in [0.29, 0.717) is 38.4 Å². The van der Waals surface area contributed by atoms with Gasteiger partial charge in [-0.25, -0.2) is 14.2 Å². The second-order valence-corrected chi connectivity index (χ2v) is 7.45. The summed E-state index contributed by atoms with van der Waals surface area (Å²) >= 11 is 1.60. The summed E-state index contributed by atoms with van der Waals surface area (Å²) in [4.78, 5) is 20.4. The molecule has 0 saturated carbocycles. The first kappa shape index (κ1) is 17.9. The van der Waals surface area contributed by atoms with E-state index in [0.717, 1.165) is 10.7 Å². The highest BCUT2D eigenvalue weighted by Crippen LogP contribution is 2.24. The standard InChI is InChI=1S/C17H23FN4O2S/c1-12-20-14(11-25-12)9-22-8-13(18)6-15(22)10-21(2)17(23)19-7-16-4-3-5-24-16/h3-5,11,13,15H,6-10H2,1-2H3,(H,19,23)/t13-,15-/m0/s1. The third-order valence-electron chi connectivity index (χ3n) is 4.33. The number of nitrogens with one attached hydrogen (secondary N) is 1. The van der Waals surface area contributed by atoms with Gasteiger partial charge >= 0.3 is 6.03 Å². The second-order valence-electron chi connectivity index (χ2n) is 6.39. The number of nitrogens with zero attached hydrogens (tertiary/aromatic N) is 3. The van der Waals surface area contributed by atoms with Crippen molar-refractivity contribution in [1.29, 1.82) is 0 Å². The zero-order chi connectivity index (χ0) is 17.8. The number of carbonyl (C=O) groups excluding carboxylic acids is 1. The van der Waals surface area contributed by atoms with Gasteiger partial charge in [-0.1, -0.05) is 0 Å². The van der Waals surface area contributed by atoms with Crippen LogP contribution in [0.2, 0.25) is 0 Å². The molecule has 2 aromatic rings. The number of halogens is 1. The number of thiazole rings is 1. The molecule has 1 N–H and O–H groups in total. The number of rotatable bonds is 6. The average molecular weight is 366 g/mol. The van der Waals surface area contributed by atoms with Crippen molar-refractivity contribution in [2.75, 3.05) is 20.1 Å². The number of aromatic nitrogens is 1. The van der Waals surface area contributed by atoms with Gasteiger partial charge in [-0.05, 0) is 25.5 Å². The Bertz CT molecular complexity index is 691. The van der Waals surface area contributed by atoms with Crippen LogP contribution in [0.5, 0.6) is 0 Å². The van der Waals surface area contributed by atoms with Crippen molar-refractivity contribution in [2.45, 2.75) is 38.6 Å².